The third-order valence-electron chi connectivity index (χ3n) is 3.29. The van der Waals surface area contributed by atoms with Crippen LogP contribution >= 0.6 is 11.6 Å². The zero-order chi connectivity index (χ0) is 16.3. The van der Waals surface area contributed by atoms with Crippen molar-refractivity contribution in [3.63, 3.8) is 0 Å². The topological polar surface area (TPSA) is 59.0 Å². The monoisotopic (exact) mass is 327 g/mol. The number of hydrogen-bond donors (Lipinski definition) is 1. The Morgan fingerprint density at radius 3 is 2.73 bits per heavy atom. The van der Waals surface area contributed by atoms with Gasteiger partial charge in [-0.2, -0.15) is 0 Å². The first-order chi connectivity index (χ1) is 10.3. The molecule has 1 saturated heterocycles. The maximum Gasteiger partial charge on any atom is 0.410 e. The fraction of sp³-hybridized carbons (Fsp3) is 0.562. The summed E-state index contributed by atoms with van der Waals surface area (Å²) in [6.45, 7) is 5.96. The normalized spacial score (nSPS) is 21.8. The summed E-state index contributed by atoms with van der Waals surface area (Å²) in [6.07, 6.45) is -0.534. The highest BCUT2D eigenvalue weighted by atomic mass is 35.5. The lowest BCUT2D eigenvalue weighted by molar-refractivity contribution is 0.0173. The van der Waals surface area contributed by atoms with Gasteiger partial charge in [0.25, 0.3) is 0 Å². The fourth-order valence-electron chi connectivity index (χ4n) is 2.34. The minimum atomic E-state index is -0.571. The molecule has 1 heterocycles. The summed E-state index contributed by atoms with van der Waals surface area (Å²) in [5.41, 5.74) is -0.571. The maximum absolute atomic E-state index is 12.2. The molecule has 2 atom stereocenters. The number of β-amino-alcohol motifs (C(OH)–C–C–N with tert-alkyl or cyclic N) is 1. The second-order valence-corrected chi connectivity index (χ2v) is 6.82. The average molecular weight is 328 g/mol. The summed E-state index contributed by atoms with van der Waals surface area (Å²) < 4.78 is 11.1. The van der Waals surface area contributed by atoms with Gasteiger partial charge in [-0.05, 0) is 39.3 Å². The van der Waals surface area contributed by atoms with Gasteiger partial charge in [0.2, 0.25) is 0 Å². The molecule has 1 fully saturated rings. The predicted molar refractivity (Wildman–Crippen MR) is 84.3 cm³/mol. The number of halogens is 1. The predicted octanol–water partition coefficient (Wildman–Crippen LogP) is 3.09. The first-order valence-corrected chi connectivity index (χ1v) is 7.69. The summed E-state index contributed by atoms with van der Waals surface area (Å²) in [5, 5.41) is 10.4. The van der Waals surface area contributed by atoms with Gasteiger partial charge in [0.1, 0.15) is 18.0 Å². The van der Waals surface area contributed by atoms with E-state index in [2.05, 4.69) is 0 Å². The van der Waals surface area contributed by atoms with Crippen LogP contribution in [0.4, 0.5) is 4.79 Å². The molecule has 0 radical (unpaired) electrons. The lowest BCUT2D eigenvalue weighted by atomic mass is 10.2. The first kappa shape index (κ1) is 16.9. The van der Waals surface area contributed by atoms with E-state index in [1.54, 1.807) is 12.1 Å². The van der Waals surface area contributed by atoms with Crippen molar-refractivity contribution in [1.82, 2.24) is 4.90 Å². The van der Waals surface area contributed by atoms with Gasteiger partial charge in [-0.15, -0.1) is 0 Å². The van der Waals surface area contributed by atoms with Crippen molar-refractivity contribution >= 4 is 17.7 Å². The SMILES string of the molecule is CC(C)(C)OC(=O)N1CC(O)CC1COc1ccccc1Cl. The molecule has 1 aromatic carbocycles. The second kappa shape index (κ2) is 6.75. The second-order valence-electron chi connectivity index (χ2n) is 6.42. The van der Waals surface area contributed by atoms with Crippen molar-refractivity contribution in [2.45, 2.75) is 44.9 Å². The Bertz CT molecular complexity index is 529. The maximum atomic E-state index is 12.2. The molecule has 2 rings (SSSR count). The summed E-state index contributed by atoms with van der Waals surface area (Å²) in [4.78, 5) is 13.7. The van der Waals surface area contributed by atoms with Crippen LogP contribution in [0.1, 0.15) is 27.2 Å². The Kier molecular flexibility index (Phi) is 5.19. The van der Waals surface area contributed by atoms with Gasteiger partial charge in [-0.25, -0.2) is 4.79 Å². The number of likely N-dealkylation sites (tertiary alicyclic amines) is 1. The zero-order valence-electron chi connectivity index (χ0n) is 13.1. The van der Waals surface area contributed by atoms with Crippen molar-refractivity contribution in [3.8, 4) is 5.75 Å². The van der Waals surface area contributed by atoms with Crippen molar-refractivity contribution in [2.24, 2.45) is 0 Å². The van der Waals surface area contributed by atoms with Crippen LogP contribution in [0, 0.1) is 0 Å². The van der Waals surface area contributed by atoms with Gasteiger partial charge in [0.05, 0.1) is 23.7 Å². The van der Waals surface area contributed by atoms with Crippen molar-refractivity contribution in [2.75, 3.05) is 13.2 Å². The third-order valence-corrected chi connectivity index (χ3v) is 3.60. The van der Waals surface area contributed by atoms with E-state index in [4.69, 9.17) is 21.1 Å². The molecule has 2 unspecified atom stereocenters. The first-order valence-electron chi connectivity index (χ1n) is 7.31. The van der Waals surface area contributed by atoms with E-state index in [9.17, 15) is 9.90 Å². The Balaban J connectivity index is 1.99. The number of carbonyl (C=O) groups excluding carboxylic acids is 1. The van der Waals surface area contributed by atoms with Gasteiger partial charge in [-0.1, -0.05) is 23.7 Å². The van der Waals surface area contributed by atoms with Gasteiger partial charge in [0.15, 0.2) is 0 Å². The molecule has 6 heteroatoms. The minimum absolute atomic E-state index is 0.235. The molecule has 0 bridgehead atoms. The Hall–Kier alpha value is -1.46. The molecule has 1 N–H and O–H groups in total. The summed E-state index contributed by atoms with van der Waals surface area (Å²) in [7, 11) is 0. The number of amides is 1. The molecule has 122 valence electrons. The van der Waals surface area contributed by atoms with Gasteiger partial charge >= 0.3 is 6.09 Å². The molecule has 1 amide bonds. The van der Waals surface area contributed by atoms with Crippen LogP contribution in [0.25, 0.3) is 0 Å². The molecule has 1 aromatic rings. The average Bonchev–Trinajstić information content (AvgIpc) is 2.77. The quantitative estimate of drug-likeness (QED) is 0.926. The summed E-state index contributed by atoms with van der Waals surface area (Å²) in [5.74, 6) is 0.565. The third kappa shape index (κ3) is 4.52. The number of rotatable bonds is 3. The Morgan fingerprint density at radius 2 is 2.09 bits per heavy atom. The highest BCUT2D eigenvalue weighted by Crippen LogP contribution is 2.26. The number of benzene rings is 1. The number of carbonyl (C=O) groups is 1. The van der Waals surface area contributed by atoms with E-state index in [1.807, 2.05) is 32.9 Å². The number of para-hydroxylation sites is 1. The Labute approximate surface area is 135 Å². The van der Waals surface area contributed by atoms with Crippen molar-refractivity contribution < 1.29 is 19.4 Å². The lowest BCUT2D eigenvalue weighted by Crippen LogP contribution is -2.42. The number of ether oxygens (including phenoxy) is 2. The van der Waals surface area contributed by atoms with Crippen LogP contribution < -0.4 is 4.74 Å². The van der Waals surface area contributed by atoms with E-state index < -0.39 is 17.8 Å². The summed E-state index contributed by atoms with van der Waals surface area (Å²) >= 11 is 6.04. The molecule has 0 aliphatic carbocycles. The lowest BCUT2D eigenvalue weighted by Gasteiger charge is -2.28. The van der Waals surface area contributed by atoms with E-state index in [0.717, 1.165) is 0 Å². The smallest absolute Gasteiger partial charge is 0.410 e. The molecule has 5 nitrogen and oxygen atoms in total. The van der Waals surface area contributed by atoms with Crippen molar-refractivity contribution in [1.29, 1.82) is 0 Å². The molecule has 1 aliphatic rings. The van der Waals surface area contributed by atoms with E-state index in [-0.39, 0.29) is 19.2 Å². The van der Waals surface area contributed by atoms with Crippen LogP contribution in [0.3, 0.4) is 0 Å². The fourth-order valence-corrected chi connectivity index (χ4v) is 2.53. The molecule has 1 aliphatic heterocycles. The number of aliphatic hydroxyl groups excluding tert-OH is 1. The minimum Gasteiger partial charge on any atom is -0.490 e. The van der Waals surface area contributed by atoms with E-state index in [1.165, 1.54) is 4.90 Å². The number of aliphatic hydroxyl groups is 1. The molecule has 0 saturated carbocycles. The standard InChI is InChI=1S/C16H22ClNO4/c1-16(2,3)22-15(20)18-9-12(19)8-11(18)10-21-14-7-5-4-6-13(14)17/h4-7,11-12,19H,8-10H2,1-3H3. The molecule has 0 spiro atoms. The van der Waals surface area contributed by atoms with Crippen molar-refractivity contribution in [3.05, 3.63) is 29.3 Å². The highest BCUT2D eigenvalue weighted by Gasteiger charge is 2.37. The van der Waals surface area contributed by atoms with Gasteiger partial charge < -0.3 is 14.6 Å². The largest absolute Gasteiger partial charge is 0.490 e. The van der Waals surface area contributed by atoms with Gasteiger partial charge in [0, 0.05) is 0 Å². The van der Waals surface area contributed by atoms with Crippen LogP contribution in [-0.4, -0.2) is 47.0 Å². The van der Waals surface area contributed by atoms with E-state index in [0.29, 0.717) is 17.2 Å². The number of hydrogen-bond acceptors (Lipinski definition) is 4. The Morgan fingerprint density at radius 1 is 1.41 bits per heavy atom. The van der Waals surface area contributed by atoms with Gasteiger partial charge in [-0.3, -0.25) is 4.90 Å². The van der Waals surface area contributed by atoms with Crippen LogP contribution in [-0.2, 0) is 4.74 Å². The molecular weight excluding hydrogens is 306 g/mol. The zero-order valence-corrected chi connectivity index (χ0v) is 13.8. The highest BCUT2D eigenvalue weighted by molar-refractivity contribution is 6.32. The van der Waals surface area contributed by atoms with Crippen LogP contribution in [0.15, 0.2) is 24.3 Å². The molecular formula is C16H22ClNO4. The molecule has 0 aromatic heterocycles. The number of nitrogens with zero attached hydrogens (tertiary/aromatic N) is 1. The molecule has 22 heavy (non-hydrogen) atoms. The van der Waals surface area contributed by atoms with Crippen LogP contribution in [0.2, 0.25) is 5.02 Å². The van der Waals surface area contributed by atoms with E-state index >= 15 is 0 Å². The summed E-state index contributed by atoms with van der Waals surface area (Å²) in [6, 6.07) is 6.93. The van der Waals surface area contributed by atoms with Crippen LogP contribution in [0.5, 0.6) is 5.75 Å².